The van der Waals surface area contributed by atoms with Crippen LogP contribution in [0.15, 0.2) is 23.8 Å². The van der Waals surface area contributed by atoms with Gasteiger partial charge in [0.05, 0.1) is 0 Å². The first kappa shape index (κ1) is 11.0. The molecule has 3 fully saturated rings. The summed E-state index contributed by atoms with van der Waals surface area (Å²) in [6.45, 7) is 6.71. The van der Waals surface area contributed by atoms with Crippen LogP contribution in [0.1, 0.15) is 45.4 Å². The second-order valence-corrected chi connectivity index (χ2v) is 7.12. The van der Waals surface area contributed by atoms with Crippen LogP contribution in [0.3, 0.4) is 0 Å². The second kappa shape index (κ2) is 3.37. The number of hydrogen-bond acceptors (Lipinski definition) is 1. The summed E-state index contributed by atoms with van der Waals surface area (Å²) in [7, 11) is 0. The highest BCUT2D eigenvalue weighted by Crippen LogP contribution is 2.73. The third kappa shape index (κ3) is 1.21. The van der Waals surface area contributed by atoms with E-state index < -0.39 is 0 Å². The maximum Gasteiger partial charge on any atom is 0.137 e. The minimum Gasteiger partial charge on any atom is -0.299 e. The second-order valence-electron chi connectivity index (χ2n) is 7.12. The smallest absolute Gasteiger partial charge is 0.137 e. The number of rotatable bonds is 0. The van der Waals surface area contributed by atoms with Crippen molar-refractivity contribution in [3.05, 3.63) is 23.8 Å². The highest BCUT2D eigenvalue weighted by molar-refractivity contribution is 5.84. The Bertz CT molecular complexity index is 472. The first-order valence-corrected chi connectivity index (χ1v) is 7.52. The van der Waals surface area contributed by atoms with E-state index in [1.54, 1.807) is 5.57 Å². The summed E-state index contributed by atoms with van der Waals surface area (Å²) in [5.41, 5.74) is 3.51. The zero-order valence-corrected chi connectivity index (χ0v) is 11.2. The fourth-order valence-electron chi connectivity index (χ4n) is 5.42. The van der Waals surface area contributed by atoms with Crippen LogP contribution < -0.4 is 0 Å². The lowest BCUT2D eigenvalue weighted by molar-refractivity contribution is -0.126. The Kier molecular flexibility index (Phi) is 2.06. The fourth-order valence-corrected chi connectivity index (χ4v) is 5.42. The summed E-state index contributed by atoms with van der Waals surface area (Å²) in [6.07, 6.45) is 9.15. The average molecular weight is 242 g/mol. The van der Waals surface area contributed by atoms with Gasteiger partial charge in [-0.25, -0.2) is 0 Å². The molecule has 1 heteroatoms. The third-order valence-corrected chi connectivity index (χ3v) is 6.36. The quantitative estimate of drug-likeness (QED) is 0.589. The van der Waals surface area contributed by atoms with E-state index >= 15 is 0 Å². The zero-order valence-electron chi connectivity index (χ0n) is 11.2. The Morgan fingerprint density at radius 3 is 3.00 bits per heavy atom. The number of ketones is 1. The molecule has 4 aliphatic carbocycles. The van der Waals surface area contributed by atoms with Gasteiger partial charge in [0.2, 0.25) is 0 Å². The third-order valence-electron chi connectivity index (χ3n) is 6.36. The maximum absolute atomic E-state index is 12.4. The molecule has 0 amide bonds. The molecule has 0 aromatic heterocycles. The number of carbonyl (C=O) groups is 1. The van der Waals surface area contributed by atoms with Gasteiger partial charge in [0.1, 0.15) is 5.78 Å². The van der Waals surface area contributed by atoms with Gasteiger partial charge in [0.25, 0.3) is 0 Å². The Balaban J connectivity index is 1.78. The van der Waals surface area contributed by atoms with Crippen LogP contribution in [0.4, 0.5) is 0 Å². The van der Waals surface area contributed by atoms with Gasteiger partial charge < -0.3 is 0 Å². The minimum absolute atomic E-state index is 0.324. The van der Waals surface area contributed by atoms with Crippen LogP contribution in [0.25, 0.3) is 0 Å². The van der Waals surface area contributed by atoms with Gasteiger partial charge in [0.15, 0.2) is 0 Å². The van der Waals surface area contributed by atoms with Crippen LogP contribution in [0.2, 0.25) is 0 Å². The van der Waals surface area contributed by atoms with Crippen molar-refractivity contribution in [3.63, 3.8) is 0 Å². The van der Waals surface area contributed by atoms with Crippen molar-refractivity contribution < 1.29 is 4.79 Å². The molecule has 0 aromatic carbocycles. The predicted octanol–water partition coefficient (Wildman–Crippen LogP) is 3.90. The monoisotopic (exact) mass is 242 g/mol. The van der Waals surface area contributed by atoms with E-state index in [0.29, 0.717) is 29.0 Å². The van der Waals surface area contributed by atoms with E-state index in [2.05, 4.69) is 19.6 Å². The van der Waals surface area contributed by atoms with E-state index in [1.807, 2.05) is 0 Å². The lowest BCUT2D eigenvalue weighted by Crippen LogP contribution is -2.32. The van der Waals surface area contributed by atoms with Crippen molar-refractivity contribution in [2.24, 2.45) is 29.1 Å². The van der Waals surface area contributed by atoms with Crippen molar-refractivity contribution in [2.75, 3.05) is 0 Å². The molecule has 0 aromatic rings. The lowest BCUT2D eigenvalue weighted by Gasteiger charge is -2.34. The van der Waals surface area contributed by atoms with Crippen LogP contribution in [-0.2, 0) is 4.79 Å². The first-order chi connectivity index (χ1) is 8.63. The summed E-state index contributed by atoms with van der Waals surface area (Å²) in [6, 6.07) is 0. The lowest BCUT2D eigenvalue weighted by atomic mass is 9.69. The van der Waals surface area contributed by atoms with E-state index in [0.717, 1.165) is 18.8 Å². The number of carbonyl (C=O) groups excluding carboxylic acids is 1. The SMILES string of the molecule is C=C1CCC(=O)[C@H]2[C@@H]3[C@@H]4C(=CCC[C@]34C)CC[C@@H]12. The minimum atomic E-state index is 0.324. The van der Waals surface area contributed by atoms with E-state index in [-0.39, 0.29) is 0 Å². The van der Waals surface area contributed by atoms with Crippen molar-refractivity contribution >= 4 is 5.78 Å². The number of hydrogen-bond donors (Lipinski definition) is 0. The van der Waals surface area contributed by atoms with Gasteiger partial charge in [-0.3, -0.25) is 4.79 Å². The molecular formula is C17H22O. The van der Waals surface area contributed by atoms with Gasteiger partial charge in [0, 0.05) is 12.3 Å². The number of Topliss-reactive ketones (excluding diaryl/α,β-unsaturated/α-hetero) is 1. The highest BCUT2D eigenvalue weighted by Gasteiger charge is 2.68. The molecule has 5 atom stereocenters. The predicted molar refractivity (Wildman–Crippen MR) is 72.0 cm³/mol. The van der Waals surface area contributed by atoms with Gasteiger partial charge in [-0.2, -0.15) is 0 Å². The van der Waals surface area contributed by atoms with Crippen LogP contribution >= 0.6 is 0 Å². The van der Waals surface area contributed by atoms with Gasteiger partial charge in [-0.15, -0.1) is 0 Å². The Morgan fingerprint density at radius 2 is 2.17 bits per heavy atom. The Labute approximate surface area is 109 Å². The van der Waals surface area contributed by atoms with Gasteiger partial charge >= 0.3 is 0 Å². The Hall–Kier alpha value is -0.850. The molecular weight excluding hydrogens is 220 g/mol. The number of allylic oxidation sites excluding steroid dienone is 3. The molecule has 0 saturated heterocycles. The first-order valence-electron chi connectivity index (χ1n) is 7.52. The topological polar surface area (TPSA) is 17.1 Å². The normalized spacial score (nSPS) is 49.9. The molecule has 0 spiro atoms. The molecule has 3 saturated carbocycles. The fraction of sp³-hybridized carbons (Fsp3) is 0.706. The zero-order chi connectivity index (χ0) is 12.5. The summed E-state index contributed by atoms with van der Waals surface area (Å²) >= 11 is 0. The van der Waals surface area contributed by atoms with Crippen molar-refractivity contribution in [1.82, 2.24) is 0 Å². The molecule has 0 radical (unpaired) electrons. The Morgan fingerprint density at radius 1 is 1.33 bits per heavy atom. The summed E-state index contributed by atoms with van der Waals surface area (Å²) in [5, 5.41) is 0. The summed E-state index contributed by atoms with van der Waals surface area (Å²) in [5.74, 6) is 2.78. The summed E-state index contributed by atoms with van der Waals surface area (Å²) in [4.78, 5) is 12.4. The van der Waals surface area contributed by atoms with E-state index in [1.165, 1.54) is 31.3 Å². The van der Waals surface area contributed by atoms with E-state index in [9.17, 15) is 4.79 Å². The molecule has 4 aliphatic rings. The van der Waals surface area contributed by atoms with Crippen LogP contribution in [0.5, 0.6) is 0 Å². The number of fused-ring (bicyclic) bond motifs is 3. The van der Waals surface area contributed by atoms with Gasteiger partial charge in [-0.1, -0.05) is 30.7 Å². The van der Waals surface area contributed by atoms with Crippen LogP contribution in [-0.4, -0.2) is 5.78 Å². The molecule has 0 bridgehead atoms. The van der Waals surface area contributed by atoms with Crippen LogP contribution in [0, 0.1) is 29.1 Å². The molecule has 4 rings (SSSR count). The highest BCUT2D eigenvalue weighted by atomic mass is 16.1. The maximum atomic E-state index is 12.4. The van der Waals surface area contributed by atoms with Crippen molar-refractivity contribution in [3.8, 4) is 0 Å². The molecule has 96 valence electrons. The van der Waals surface area contributed by atoms with Gasteiger partial charge in [-0.05, 0) is 55.3 Å². The van der Waals surface area contributed by atoms with Crippen molar-refractivity contribution in [1.29, 1.82) is 0 Å². The molecule has 0 unspecified atom stereocenters. The average Bonchev–Trinajstić information content (AvgIpc) is 3.01. The molecule has 1 nitrogen and oxygen atoms in total. The molecule has 18 heavy (non-hydrogen) atoms. The molecule has 0 aliphatic heterocycles. The van der Waals surface area contributed by atoms with E-state index in [4.69, 9.17) is 0 Å². The molecule has 0 heterocycles. The van der Waals surface area contributed by atoms with Crippen molar-refractivity contribution in [2.45, 2.75) is 45.4 Å². The standard InChI is InChI=1S/C17H22O/c1-10-5-8-13(18)14-12(10)7-6-11-4-3-9-17(2)15(11)16(14)17/h4,12,14-16H,1,3,5-9H2,2H3/t12-,14-,15-,16+,17-/m0/s1. The summed E-state index contributed by atoms with van der Waals surface area (Å²) < 4.78 is 0. The largest absolute Gasteiger partial charge is 0.299 e. The molecule has 0 N–H and O–H groups in total.